The van der Waals surface area contributed by atoms with Gasteiger partial charge >= 0.3 is 0 Å². The molecule has 3 N–H and O–H groups in total. The van der Waals surface area contributed by atoms with Gasteiger partial charge in [0, 0.05) is 27.6 Å². The molecule has 1 aromatic heterocycles. The summed E-state index contributed by atoms with van der Waals surface area (Å²) in [7, 11) is 1.68. The highest BCUT2D eigenvalue weighted by Gasteiger charge is 2.12. The number of hydrogen-bond donors (Lipinski definition) is 2. The molecular weight excluding hydrogens is 392 g/mol. The Morgan fingerprint density at radius 1 is 1.13 bits per heavy atom. The van der Waals surface area contributed by atoms with Gasteiger partial charge in [0.05, 0.1) is 13.3 Å². The highest BCUT2D eigenvalue weighted by molar-refractivity contribution is 8.13. The van der Waals surface area contributed by atoms with Crippen LogP contribution in [0.5, 0.6) is 5.75 Å². The van der Waals surface area contributed by atoms with Crippen molar-refractivity contribution in [2.24, 2.45) is 15.9 Å². The number of amidine groups is 1. The average Bonchev–Trinajstić information content (AvgIpc) is 3.16. The molecule has 152 valence electrons. The first kappa shape index (κ1) is 20.0. The molecule has 0 spiro atoms. The molecule has 0 amide bonds. The van der Waals surface area contributed by atoms with E-state index in [1.54, 1.807) is 13.3 Å². The number of H-pyrrole nitrogens is 1. The molecule has 0 radical (unpaired) electrons. The van der Waals surface area contributed by atoms with Crippen LogP contribution in [0.1, 0.15) is 22.3 Å². The van der Waals surface area contributed by atoms with Gasteiger partial charge in [0.1, 0.15) is 5.75 Å². The number of thioether (sulfide) groups is 1. The number of aryl methyl sites for hydroxylation is 2. The van der Waals surface area contributed by atoms with Gasteiger partial charge < -0.3 is 15.5 Å². The first-order chi connectivity index (χ1) is 14.6. The number of rotatable bonds is 5. The lowest BCUT2D eigenvalue weighted by atomic mass is 9.99. The second-order valence-electron chi connectivity index (χ2n) is 7.15. The van der Waals surface area contributed by atoms with Crippen molar-refractivity contribution in [2.45, 2.75) is 19.6 Å². The van der Waals surface area contributed by atoms with Crippen LogP contribution in [0, 0.1) is 13.8 Å². The number of nitrogens with zero attached hydrogens (tertiary/aromatic N) is 2. The minimum absolute atomic E-state index is 0.447. The third-order valence-electron chi connectivity index (χ3n) is 5.16. The quantitative estimate of drug-likeness (QED) is 0.255. The summed E-state index contributed by atoms with van der Waals surface area (Å²) in [6.45, 7) is 4.20. The zero-order chi connectivity index (χ0) is 21.1. The second kappa shape index (κ2) is 8.63. The number of hydrogen-bond acceptors (Lipinski definition) is 4. The lowest BCUT2D eigenvalue weighted by Gasteiger charge is -2.06. The molecular formula is C24H24N4OS. The molecule has 0 aliphatic carbocycles. The summed E-state index contributed by atoms with van der Waals surface area (Å²) < 4.78 is 5.41. The van der Waals surface area contributed by atoms with Crippen LogP contribution in [0.4, 0.5) is 0 Å². The van der Waals surface area contributed by atoms with Crippen molar-refractivity contribution >= 4 is 44.9 Å². The Balaban J connectivity index is 1.62. The summed E-state index contributed by atoms with van der Waals surface area (Å²) in [6, 6.07) is 18.4. The molecule has 5 nitrogen and oxygen atoms in total. The SMILES string of the molecule is COc1ccc2[nH]c3c(C)cc(C=NN=C(N)SCc4ccccc4)c(C)c3c2c1. The summed E-state index contributed by atoms with van der Waals surface area (Å²) in [5.74, 6) is 1.61. The molecule has 0 saturated heterocycles. The van der Waals surface area contributed by atoms with E-state index in [-0.39, 0.29) is 0 Å². The van der Waals surface area contributed by atoms with Gasteiger partial charge in [-0.3, -0.25) is 0 Å². The van der Waals surface area contributed by atoms with Crippen molar-refractivity contribution in [1.82, 2.24) is 4.98 Å². The number of benzene rings is 3. The first-order valence-electron chi connectivity index (χ1n) is 9.69. The van der Waals surface area contributed by atoms with E-state index in [4.69, 9.17) is 10.5 Å². The fourth-order valence-corrected chi connectivity index (χ4v) is 4.20. The molecule has 1 heterocycles. The van der Waals surface area contributed by atoms with Crippen molar-refractivity contribution in [2.75, 3.05) is 7.11 Å². The maximum atomic E-state index is 6.01. The van der Waals surface area contributed by atoms with Gasteiger partial charge in [-0.05, 0) is 60.4 Å². The zero-order valence-electron chi connectivity index (χ0n) is 17.3. The second-order valence-corrected chi connectivity index (χ2v) is 8.15. The van der Waals surface area contributed by atoms with Crippen LogP contribution in [0.3, 0.4) is 0 Å². The molecule has 0 aliphatic rings. The van der Waals surface area contributed by atoms with Crippen molar-refractivity contribution in [3.8, 4) is 5.75 Å². The van der Waals surface area contributed by atoms with Crippen molar-refractivity contribution < 1.29 is 4.74 Å². The number of nitrogens with one attached hydrogen (secondary N) is 1. The monoisotopic (exact) mass is 416 g/mol. The Kier molecular flexibility index (Phi) is 5.77. The summed E-state index contributed by atoms with van der Waals surface area (Å²) in [5.41, 5.74) is 12.8. The molecule has 0 unspecified atom stereocenters. The van der Waals surface area contributed by atoms with E-state index in [2.05, 4.69) is 59.4 Å². The Morgan fingerprint density at radius 3 is 2.70 bits per heavy atom. The molecule has 0 atom stereocenters. The minimum atomic E-state index is 0.447. The van der Waals surface area contributed by atoms with E-state index in [0.29, 0.717) is 5.17 Å². The summed E-state index contributed by atoms with van der Waals surface area (Å²) in [5, 5.41) is 11.2. The van der Waals surface area contributed by atoms with Gasteiger partial charge in [-0.1, -0.05) is 42.1 Å². The number of ether oxygens (including phenoxy) is 1. The predicted molar refractivity (Wildman–Crippen MR) is 129 cm³/mol. The van der Waals surface area contributed by atoms with E-state index in [9.17, 15) is 0 Å². The van der Waals surface area contributed by atoms with Gasteiger partial charge in [0.2, 0.25) is 0 Å². The van der Waals surface area contributed by atoms with Gasteiger partial charge in [-0.25, -0.2) is 0 Å². The Bertz CT molecular complexity index is 1260. The van der Waals surface area contributed by atoms with Crippen molar-refractivity contribution in [3.63, 3.8) is 0 Å². The lowest BCUT2D eigenvalue weighted by Crippen LogP contribution is -2.06. The Labute approximate surface area is 180 Å². The van der Waals surface area contributed by atoms with Crippen LogP contribution >= 0.6 is 11.8 Å². The third-order valence-corrected chi connectivity index (χ3v) is 6.02. The maximum absolute atomic E-state index is 6.01. The predicted octanol–water partition coefficient (Wildman–Crippen LogP) is 5.53. The molecule has 0 fully saturated rings. The van der Waals surface area contributed by atoms with Crippen LogP contribution in [-0.2, 0) is 5.75 Å². The lowest BCUT2D eigenvalue weighted by molar-refractivity contribution is 0.415. The molecule has 0 bridgehead atoms. The normalized spacial score (nSPS) is 12.3. The fraction of sp³-hybridized carbons (Fsp3) is 0.167. The smallest absolute Gasteiger partial charge is 0.180 e. The van der Waals surface area contributed by atoms with Crippen LogP contribution in [0.25, 0.3) is 21.8 Å². The Hall–Kier alpha value is -3.25. The Morgan fingerprint density at radius 2 is 1.93 bits per heavy atom. The van der Waals surface area contributed by atoms with Crippen LogP contribution < -0.4 is 10.5 Å². The standard InChI is InChI=1S/C24H24N4OS/c1-15-11-18(13-26-28-24(25)30-14-17-7-5-4-6-8-17)16(2)22-20-12-19(29-3)9-10-21(20)27-23(15)22/h4-13,27H,14H2,1-3H3,(H2,25,28). The van der Waals surface area contributed by atoms with E-state index in [1.807, 2.05) is 24.3 Å². The van der Waals surface area contributed by atoms with Crippen molar-refractivity contribution in [3.05, 3.63) is 76.9 Å². The van der Waals surface area contributed by atoms with E-state index >= 15 is 0 Å². The van der Waals surface area contributed by atoms with Crippen LogP contribution in [0.2, 0.25) is 0 Å². The van der Waals surface area contributed by atoms with Gasteiger partial charge in [0.25, 0.3) is 0 Å². The van der Waals surface area contributed by atoms with E-state index in [0.717, 1.165) is 44.6 Å². The first-order valence-corrected chi connectivity index (χ1v) is 10.7. The fourth-order valence-electron chi connectivity index (χ4n) is 3.58. The molecule has 0 saturated carbocycles. The average molecular weight is 417 g/mol. The molecule has 6 heteroatoms. The van der Waals surface area contributed by atoms with Crippen LogP contribution in [-0.4, -0.2) is 23.5 Å². The molecule has 0 aliphatic heterocycles. The summed E-state index contributed by atoms with van der Waals surface area (Å²) >= 11 is 1.48. The molecule has 4 rings (SSSR count). The molecule has 30 heavy (non-hydrogen) atoms. The number of aromatic amines is 1. The van der Waals surface area contributed by atoms with Gasteiger partial charge in [0.15, 0.2) is 5.17 Å². The van der Waals surface area contributed by atoms with Crippen molar-refractivity contribution in [1.29, 1.82) is 0 Å². The number of methoxy groups -OCH3 is 1. The largest absolute Gasteiger partial charge is 0.497 e. The molecule has 4 aromatic rings. The minimum Gasteiger partial charge on any atom is -0.497 e. The zero-order valence-corrected chi connectivity index (χ0v) is 18.1. The third kappa shape index (κ3) is 4.04. The highest BCUT2D eigenvalue weighted by atomic mass is 32.2. The van der Waals surface area contributed by atoms with Gasteiger partial charge in [-0.15, -0.1) is 5.10 Å². The summed E-state index contributed by atoms with van der Waals surface area (Å²) in [6.07, 6.45) is 1.77. The van der Waals surface area contributed by atoms with E-state index < -0.39 is 0 Å². The van der Waals surface area contributed by atoms with Gasteiger partial charge in [-0.2, -0.15) is 5.10 Å². The number of aromatic nitrogens is 1. The molecule has 3 aromatic carbocycles. The topological polar surface area (TPSA) is 75.8 Å². The van der Waals surface area contributed by atoms with E-state index in [1.165, 1.54) is 22.7 Å². The number of nitrogens with two attached hydrogens (primary N) is 1. The highest BCUT2D eigenvalue weighted by Crippen LogP contribution is 2.34. The number of fused-ring (bicyclic) bond motifs is 3. The maximum Gasteiger partial charge on any atom is 0.180 e. The summed E-state index contributed by atoms with van der Waals surface area (Å²) in [4.78, 5) is 3.52. The van der Waals surface area contributed by atoms with Crippen LogP contribution in [0.15, 0.2) is 64.8 Å².